The van der Waals surface area contributed by atoms with E-state index in [0.29, 0.717) is 13.0 Å². The molecule has 0 aliphatic heterocycles. The van der Waals surface area contributed by atoms with Crippen LogP contribution in [0.25, 0.3) is 10.7 Å². The molecular weight excluding hydrogens is 378 g/mol. The number of hydrogen-bond donors (Lipinski definition) is 1. The number of hydrogen-bond acceptors (Lipinski definition) is 4. The molecule has 2 aromatic carbocycles. The van der Waals surface area contributed by atoms with Crippen molar-refractivity contribution < 1.29 is 4.79 Å². The predicted octanol–water partition coefficient (Wildman–Crippen LogP) is 5.04. The summed E-state index contributed by atoms with van der Waals surface area (Å²) in [6.45, 7) is 0.415. The normalized spacial score (nSPS) is 10.8. The largest absolute Gasteiger partial charge is 0.350 e. The molecule has 4 aromatic rings. The number of rotatable bonds is 7. The average molecular weight is 400 g/mol. The molecule has 29 heavy (non-hydrogen) atoms. The summed E-state index contributed by atoms with van der Waals surface area (Å²) in [5, 5.41) is 5.85. The zero-order chi connectivity index (χ0) is 19.9. The first kappa shape index (κ1) is 19.0. The van der Waals surface area contributed by atoms with Gasteiger partial charge in [0.05, 0.1) is 17.9 Å². The second-order valence-electron chi connectivity index (χ2n) is 6.71. The summed E-state index contributed by atoms with van der Waals surface area (Å²) in [6, 6.07) is 26.1. The molecule has 2 heterocycles. The molecule has 0 spiro atoms. The van der Waals surface area contributed by atoms with Gasteiger partial charge in [-0.1, -0.05) is 66.7 Å². The summed E-state index contributed by atoms with van der Waals surface area (Å²) in [5.41, 5.74) is 3.98. The van der Waals surface area contributed by atoms with Crippen molar-refractivity contribution in [3.63, 3.8) is 0 Å². The summed E-state index contributed by atoms with van der Waals surface area (Å²) in [4.78, 5) is 21.6. The van der Waals surface area contributed by atoms with Crippen molar-refractivity contribution in [2.75, 3.05) is 0 Å². The Labute approximate surface area is 174 Å². The van der Waals surface area contributed by atoms with Crippen LogP contribution in [-0.4, -0.2) is 15.9 Å². The van der Waals surface area contributed by atoms with E-state index in [0.717, 1.165) is 27.5 Å². The molecule has 0 saturated carbocycles. The molecule has 0 unspecified atom stereocenters. The molecule has 0 aliphatic rings. The van der Waals surface area contributed by atoms with Crippen LogP contribution in [0.2, 0.25) is 0 Å². The summed E-state index contributed by atoms with van der Waals surface area (Å²) < 4.78 is 0. The summed E-state index contributed by atoms with van der Waals surface area (Å²) >= 11 is 1.54. The Morgan fingerprint density at radius 2 is 1.55 bits per heavy atom. The van der Waals surface area contributed by atoms with Crippen LogP contribution in [-0.2, 0) is 11.3 Å². The topological polar surface area (TPSA) is 54.9 Å². The third kappa shape index (κ3) is 4.95. The lowest BCUT2D eigenvalue weighted by Crippen LogP contribution is -2.25. The highest BCUT2D eigenvalue weighted by Gasteiger charge is 2.18. The van der Waals surface area contributed by atoms with E-state index in [9.17, 15) is 4.79 Å². The summed E-state index contributed by atoms with van der Waals surface area (Å²) in [7, 11) is 0. The highest BCUT2D eigenvalue weighted by molar-refractivity contribution is 7.13. The van der Waals surface area contributed by atoms with Crippen LogP contribution in [0.3, 0.4) is 0 Å². The van der Waals surface area contributed by atoms with Gasteiger partial charge >= 0.3 is 0 Å². The second-order valence-corrected chi connectivity index (χ2v) is 7.57. The zero-order valence-corrected chi connectivity index (χ0v) is 16.7. The van der Waals surface area contributed by atoms with E-state index in [1.54, 1.807) is 6.20 Å². The van der Waals surface area contributed by atoms with Gasteiger partial charge in [0.25, 0.3) is 0 Å². The van der Waals surface area contributed by atoms with Crippen molar-refractivity contribution in [3.05, 3.63) is 107 Å². The number of carbonyl (C=O) groups excluding carboxylic acids is 1. The maximum atomic E-state index is 12.7. The first-order chi connectivity index (χ1) is 14.3. The molecule has 0 aliphatic carbocycles. The lowest BCUT2D eigenvalue weighted by Gasteiger charge is -2.17. The van der Waals surface area contributed by atoms with Gasteiger partial charge in [-0.25, -0.2) is 4.98 Å². The summed E-state index contributed by atoms with van der Waals surface area (Å²) in [6.07, 6.45) is 2.15. The molecule has 0 atom stereocenters. The minimum atomic E-state index is 0.00934. The maximum absolute atomic E-state index is 12.7. The number of nitrogens with zero attached hydrogens (tertiary/aromatic N) is 2. The highest BCUT2D eigenvalue weighted by atomic mass is 32.1. The molecule has 0 radical (unpaired) electrons. The quantitative estimate of drug-likeness (QED) is 0.473. The SMILES string of the molecule is O=C(CC(c1ccccc1)c1ccccc1)NCc1csc(-c2ccccn2)n1. The monoisotopic (exact) mass is 399 g/mol. The van der Waals surface area contributed by atoms with Crippen LogP contribution in [0.15, 0.2) is 90.4 Å². The van der Waals surface area contributed by atoms with E-state index in [1.165, 1.54) is 11.3 Å². The Bertz CT molecular complexity index is 1010. The van der Waals surface area contributed by atoms with Crippen LogP contribution in [0, 0.1) is 0 Å². The van der Waals surface area contributed by atoms with Crippen LogP contribution in [0.4, 0.5) is 0 Å². The maximum Gasteiger partial charge on any atom is 0.221 e. The van der Waals surface area contributed by atoms with E-state index in [1.807, 2.05) is 60.0 Å². The molecule has 0 fully saturated rings. The Morgan fingerprint density at radius 1 is 0.897 bits per heavy atom. The number of pyridine rings is 1. The first-order valence-electron chi connectivity index (χ1n) is 9.52. The smallest absolute Gasteiger partial charge is 0.221 e. The number of benzene rings is 2. The molecule has 144 valence electrons. The highest BCUT2D eigenvalue weighted by Crippen LogP contribution is 2.28. The zero-order valence-electron chi connectivity index (χ0n) is 15.9. The van der Waals surface area contributed by atoms with Gasteiger partial charge in [-0.3, -0.25) is 9.78 Å². The van der Waals surface area contributed by atoms with Gasteiger partial charge < -0.3 is 5.32 Å². The Kier molecular flexibility index (Phi) is 6.07. The first-order valence-corrected chi connectivity index (χ1v) is 10.4. The molecule has 4 nitrogen and oxygen atoms in total. The molecule has 0 bridgehead atoms. The van der Waals surface area contributed by atoms with E-state index >= 15 is 0 Å². The Morgan fingerprint density at radius 3 is 2.17 bits per heavy atom. The summed E-state index contributed by atoms with van der Waals surface area (Å²) in [5.74, 6) is 0.0343. The standard InChI is InChI=1S/C24H21N3OS/c28-23(26-16-20-17-29-24(27-20)22-13-7-8-14-25-22)15-21(18-9-3-1-4-10-18)19-11-5-2-6-12-19/h1-14,17,21H,15-16H2,(H,26,28). The number of amides is 1. The molecule has 2 aromatic heterocycles. The van der Waals surface area contributed by atoms with Gasteiger partial charge in [-0.05, 0) is 23.3 Å². The molecule has 1 N–H and O–H groups in total. The van der Waals surface area contributed by atoms with Crippen molar-refractivity contribution in [2.24, 2.45) is 0 Å². The third-order valence-corrected chi connectivity index (χ3v) is 5.61. The Hall–Kier alpha value is -3.31. The molecule has 0 saturated heterocycles. The van der Waals surface area contributed by atoms with Crippen molar-refractivity contribution in [1.82, 2.24) is 15.3 Å². The fourth-order valence-electron chi connectivity index (χ4n) is 3.24. The van der Waals surface area contributed by atoms with Gasteiger partial charge in [-0.2, -0.15) is 0 Å². The lowest BCUT2D eigenvalue weighted by atomic mass is 9.88. The number of nitrogens with one attached hydrogen (secondary N) is 1. The molecule has 5 heteroatoms. The third-order valence-electron chi connectivity index (χ3n) is 4.70. The van der Waals surface area contributed by atoms with Crippen molar-refractivity contribution in [1.29, 1.82) is 0 Å². The van der Waals surface area contributed by atoms with Gasteiger partial charge in [0.2, 0.25) is 5.91 Å². The van der Waals surface area contributed by atoms with Gasteiger partial charge in [-0.15, -0.1) is 11.3 Å². The van der Waals surface area contributed by atoms with Crippen LogP contribution in [0.1, 0.15) is 29.2 Å². The fraction of sp³-hybridized carbons (Fsp3) is 0.125. The molecular formula is C24H21N3OS. The lowest BCUT2D eigenvalue weighted by molar-refractivity contribution is -0.121. The van der Waals surface area contributed by atoms with E-state index in [-0.39, 0.29) is 11.8 Å². The predicted molar refractivity (Wildman–Crippen MR) is 117 cm³/mol. The van der Waals surface area contributed by atoms with Gasteiger partial charge in [0, 0.05) is 23.9 Å². The van der Waals surface area contributed by atoms with E-state index < -0.39 is 0 Å². The van der Waals surface area contributed by atoms with Gasteiger partial charge in [0.15, 0.2) is 0 Å². The van der Waals surface area contributed by atoms with Crippen LogP contribution in [0.5, 0.6) is 0 Å². The van der Waals surface area contributed by atoms with E-state index in [2.05, 4.69) is 39.6 Å². The fourth-order valence-corrected chi connectivity index (χ4v) is 4.04. The van der Waals surface area contributed by atoms with Crippen molar-refractivity contribution in [2.45, 2.75) is 18.9 Å². The molecule has 1 amide bonds. The van der Waals surface area contributed by atoms with Crippen LogP contribution < -0.4 is 5.32 Å². The van der Waals surface area contributed by atoms with Crippen LogP contribution >= 0.6 is 11.3 Å². The van der Waals surface area contributed by atoms with Gasteiger partial charge in [0.1, 0.15) is 5.01 Å². The van der Waals surface area contributed by atoms with E-state index in [4.69, 9.17) is 0 Å². The number of thiazole rings is 1. The van der Waals surface area contributed by atoms with Crippen molar-refractivity contribution >= 4 is 17.2 Å². The Balaban J connectivity index is 1.42. The minimum absolute atomic E-state index is 0.00934. The molecule has 4 rings (SSSR count). The minimum Gasteiger partial charge on any atom is -0.350 e. The second kappa shape index (κ2) is 9.26. The average Bonchev–Trinajstić information content (AvgIpc) is 3.27. The number of carbonyl (C=O) groups is 1. The van der Waals surface area contributed by atoms with Crippen molar-refractivity contribution in [3.8, 4) is 10.7 Å². The number of aromatic nitrogens is 2.